The Hall–Kier alpha value is -1.82. The van der Waals surface area contributed by atoms with Crippen LogP contribution in [-0.4, -0.2) is 24.0 Å². The van der Waals surface area contributed by atoms with E-state index in [-0.39, 0.29) is 17.7 Å². The minimum Gasteiger partial charge on any atom is -0.449 e. The topological polar surface area (TPSA) is 68.5 Å². The smallest absolute Gasteiger partial charge is 0.375 e. The van der Waals surface area contributed by atoms with E-state index in [0.29, 0.717) is 11.1 Å². The van der Waals surface area contributed by atoms with Crippen molar-refractivity contribution in [3.63, 3.8) is 0 Å². The average Bonchev–Trinajstić information content (AvgIpc) is 3.16. The van der Waals surface area contributed by atoms with Crippen LogP contribution in [0.1, 0.15) is 48.7 Å². The third kappa shape index (κ3) is 3.48. The monoisotopic (exact) mass is 393 g/mol. The van der Waals surface area contributed by atoms with E-state index in [9.17, 15) is 9.59 Å². The fraction of sp³-hybridized carbons (Fsp3) is 0.444. The van der Waals surface area contributed by atoms with Crippen LogP contribution in [0.4, 0.5) is 0 Å². The summed E-state index contributed by atoms with van der Waals surface area (Å²) in [5.74, 6) is -0.732. The lowest BCUT2D eigenvalue weighted by Crippen LogP contribution is -2.40. The fourth-order valence-corrected chi connectivity index (χ4v) is 3.41. The van der Waals surface area contributed by atoms with Gasteiger partial charge in [-0.2, -0.15) is 0 Å². The van der Waals surface area contributed by atoms with Gasteiger partial charge in [-0.25, -0.2) is 4.79 Å². The Morgan fingerprint density at radius 1 is 1.33 bits per heavy atom. The summed E-state index contributed by atoms with van der Waals surface area (Å²) in [5, 5.41) is 3.78. The van der Waals surface area contributed by atoms with Crippen LogP contribution in [0, 0.1) is 6.92 Å². The summed E-state index contributed by atoms with van der Waals surface area (Å²) in [6, 6.07) is 5.72. The number of nitrogens with one attached hydrogen (secondary N) is 1. The minimum atomic E-state index is -0.850. The van der Waals surface area contributed by atoms with E-state index < -0.39 is 12.1 Å². The van der Waals surface area contributed by atoms with Gasteiger partial charge in [-0.3, -0.25) is 4.79 Å². The summed E-state index contributed by atoms with van der Waals surface area (Å²) in [6.07, 6.45) is 3.39. The summed E-state index contributed by atoms with van der Waals surface area (Å²) in [6.45, 7) is 3.38. The molecule has 0 radical (unpaired) electrons. The van der Waals surface area contributed by atoms with Crippen LogP contribution in [-0.2, 0) is 9.53 Å². The molecule has 1 fully saturated rings. The van der Waals surface area contributed by atoms with Gasteiger partial charge in [0.05, 0.1) is 0 Å². The number of furan rings is 1. The molecule has 0 unspecified atom stereocenters. The number of amides is 1. The quantitative estimate of drug-likeness (QED) is 0.793. The number of halogens is 1. The molecule has 0 aliphatic heterocycles. The first-order valence-corrected chi connectivity index (χ1v) is 8.95. The Labute approximate surface area is 148 Å². The normalized spacial score (nSPS) is 16.3. The van der Waals surface area contributed by atoms with Gasteiger partial charge in [0.25, 0.3) is 5.91 Å². The van der Waals surface area contributed by atoms with Crippen molar-refractivity contribution in [3.05, 3.63) is 34.0 Å². The lowest BCUT2D eigenvalue weighted by atomic mass is 10.1. The fourth-order valence-electron chi connectivity index (χ4n) is 3.04. The van der Waals surface area contributed by atoms with Crippen molar-refractivity contribution in [1.29, 1.82) is 0 Å². The standard InChI is InChI=1S/C18H20BrNO4/c1-10-14-9-12(19)7-8-15(14)24-16(10)18(22)23-11(2)17(21)20-13-5-3-4-6-13/h7-9,11,13H,3-6H2,1-2H3,(H,20,21)/t11-/m1/s1. The van der Waals surface area contributed by atoms with Gasteiger partial charge in [-0.05, 0) is 44.9 Å². The molecule has 1 aliphatic rings. The van der Waals surface area contributed by atoms with E-state index in [1.54, 1.807) is 19.9 Å². The molecule has 1 aliphatic carbocycles. The van der Waals surface area contributed by atoms with Gasteiger partial charge in [0.2, 0.25) is 5.76 Å². The molecule has 1 heterocycles. The first kappa shape index (κ1) is 17.0. The summed E-state index contributed by atoms with van der Waals surface area (Å²) in [5.41, 5.74) is 1.32. The van der Waals surface area contributed by atoms with E-state index in [0.717, 1.165) is 35.5 Å². The van der Waals surface area contributed by atoms with Gasteiger partial charge in [0.1, 0.15) is 5.58 Å². The number of carbonyl (C=O) groups excluding carboxylic acids is 2. The van der Waals surface area contributed by atoms with E-state index in [1.165, 1.54) is 0 Å². The van der Waals surface area contributed by atoms with Gasteiger partial charge in [-0.1, -0.05) is 28.8 Å². The zero-order valence-electron chi connectivity index (χ0n) is 13.7. The highest BCUT2D eigenvalue weighted by Gasteiger charge is 2.26. The lowest BCUT2D eigenvalue weighted by Gasteiger charge is -2.16. The predicted octanol–water partition coefficient (Wildman–Crippen LogP) is 4.11. The van der Waals surface area contributed by atoms with Crippen LogP contribution < -0.4 is 5.32 Å². The molecule has 1 saturated carbocycles. The van der Waals surface area contributed by atoms with Crippen molar-refractivity contribution in [3.8, 4) is 0 Å². The van der Waals surface area contributed by atoms with E-state index in [4.69, 9.17) is 9.15 Å². The van der Waals surface area contributed by atoms with Crippen molar-refractivity contribution in [2.24, 2.45) is 0 Å². The molecule has 2 aromatic rings. The maximum absolute atomic E-state index is 12.4. The third-order valence-electron chi connectivity index (χ3n) is 4.44. The van der Waals surface area contributed by atoms with Crippen LogP contribution in [0.2, 0.25) is 0 Å². The summed E-state index contributed by atoms with van der Waals surface area (Å²) in [4.78, 5) is 24.5. The molecule has 1 amide bonds. The number of ether oxygens (including phenoxy) is 1. The lowest BCUT2D eigenvalue weighted by molar-refractivity contribution is -0.129. The second-order valence-electron chi connectivity index (χ2n) is 6.23. The zero-order chi connectivity index (χ0) is 17.3. The van der Waals surface area contributed by atoms with Crippen LogP contribution in [0.3, 0.4) is 0 Å². The summed E-state index contributed by atoms with van der Waals surface area (Å²) < 4.78 is 11.8. The number of benzene rings is 1. The minimum absolute atomic E-state index is 0.142. The molecule has 128 valence electrons. The van der Waals surface area contributed by atoms with E-state index in [1.807, 2.05) is 12.1 Å². The van der Waals surface area contributed by atoms with Crippen molar-refractivity contribution in [2.75, 3.05) is 0 Å². The van der Waals surface area contributed by atoms with Crippen LogP contribution in [0.5, 0.6) is 0 Å². The molecular formula is C18H20BrNO4. The highest BCUT2D eigenvalue weighted by Crippen LogP contribution is 2.28. The highest BCUT2D eigenvalue weighted by molar-refractivity contribution is 9.10. The largest absolute Gasteiger partial charge is 0.449 e. The molecule has 0 saturated heterocycles. The first-order chi connectivity index (χ1) is 11.5. The molecule has 1 aromatic carbocycles. The van der Waals surface area contributed by atoms with Crippen molar-refractivity contribution in [2.45, 2.75) is 51.7 Å². The summed E-state index contributed by atoms with van der Waals surface area (Å²) in [7, 11) is 0. The average molecular weight is 394 g/mol. The van der Waals surface area contributed by atoms with Crippen LogP contribution in [0.25, 0.3) is 11.0 Å². The second kappa shape index (κ2) is 6.97. The molecule has 24 heavy (non-hydrogen) atoms. The SMILES string of the molecule is Cc1c(C(=O)O[C@H](C)C(=O)NC2CCCC2)oc2ccc(Br)cc12. The Balaban J connectivity index is 1.70. The van der Waals surface area contributed by atoms with Crippen LogP contribution in [0.15, 0.2) is 27.1 Å². The van der Waals surface area contributed by atoms with Gasteiger partial charge in [0, 0.05) is 21.5 Å². The Bertz CT molecular complexity index is 777. The number of aryl methyl sites for hydroxylation is 1. The molecule has 1 aromatic heterocycles. The molecule has 3 rings (SSSR count). The maximum Gasteiger partial charge on any atom is 0.375 e. The Morgan fingerprint density at radius 2 is 2.04 bits per heavy atom. The van der Waals surface area contributed by atoms with Crippen LogP contribution >= 0.6 is 15.9 Å². The predicted molar refractivity (Wildman–Crippen MR) is 93.9 cm³/mol. The molecule has 6 heteroatoms. The third-order valence-corrected chi connectivity index (χ3v) is 4.93. The number of fused-ring (bicyclic) bond motifs is 1. The van der Waals surface area contributed by atoms with Crippen molar-refractivity contribution < 1.29 is 18.7 Å². The van der Waals surface area contributed by atoms with Gasteiger partial charge < -0.3 is 14.5 Å². The first-order valence-electron chi connectivity index (χ1n) is 8.15. The zero-order valence-corrected chi connectivity index (χ0v) is 15.3. The van der Waals surface area contributed by atoms with Crippen molar-refractivity contribution in [1.82, 2.24) is 5.32 Å². The number of hydrogen-bond acceptors (Lipinski definition) is 4. The number of rotatable bonds is 4. The molecule has 0 spiro atoms. The number of hydrogen-bond donors (Lipinski definition) is 1. The summed E-state index contributed by atoms with van der Waals surface area (Å²) >= 11 is 3.40. The van der Waals surface area contributed by atoms with E-state index >= 15 is 0 Å². The molecule has 0 bridgehead atoms. The number of carbonyl (C=O) groups is 2. The second-order valence-corrected chi connectivity index (χ2v) is 7.15. The Kier molecular flexibility index (Phi) is 4.94. The van der Waals surface area contributed by atoms with Gasteiger partial charge in [0.15, 0.2) is 6.10 Å². The molecule has 1 atom stereocenters. The van der Waals surface area contributed by atoms with Crippen molar-refractivity contribution >= 4 is 38.8 Å². The number of esters is 1. The molecule has 5 nitrogen and oxygen atoms in total. The molecular weight excluding hydrogens is 374 g/mol. The molecule has 1 N–H and O–H groups in total. The van der Waals surface area contributed by atoms with E-state index in [2.05, 4.69) is 21.2 Å². The van der Waals surface area contributed by atoms with Gasteiger partial charge >= 0.3 is 5.97 Å². The van der Waals surface area contributed by atoms with Gasteiger partial charge in [-0.15, -0.1) is 0 Å². The highest BCUT2D eigenvalue weighted by atomic mass is 79.9. The Morgan fingerprint density at radius 3 is 2.75 bits per heavy atom. The maximum atomic E-state index is 12.4.